The van der Waals surface area contributed by atoms with Crippen LogP contribution in [0.5, 0.6) is 0 Å². The highest BCUT2D eigenvalue weighted by molar-refractivity contribution is 5.76. The first-order valence-corrected chi connectivity index (χ1v) is 5.94. The molecule has 96 valence electrons. The minimum atomic E-state index is -0.185. The van der Waals surface area contributed by atoms with Gasteiger partial charge in [-0.3, -0.25) is 4.79 Å². The highest BCUT2D eigenvalue weighted by atomic mass is 16.4. The summed E-state index contributed by atoms with van der Waals surface area (Å²) in [5.74, 6) is 1.30. The van der Waals surface area contributed by atoms with Crippen LogP contribution < -0.4 is 10.6 Å². The maximum atomic E-state index is 11.6. The molecule has 1 heterocycles. The fourth-order valence-electron chi connectivity index (χ4n) is 1.42. The van der Waals surface area contributed by atoms with E-state index in [-0.39, 0.29) is 11.9 Å². The number of carbonyl (C=O) groups excluding carboxylic acids is 1. The monoisotopic (exact) mass is 239 g/mol. The Morgan fingerprint density at radius 2 is 2.18 bits per heavy atom. The Morgan fingerprint density at radius 3 is 2.71 bits per heavy atom. The fourth-order valence-corrected chi connectivity index (χ4v) is 1.42. The Balaban J connectivity index is 2.31. The van der Waals surface area contributed by atoms with Crippen LogP contribution in [0.1, 0.15) is 44.9 Å². The highest BCUT2D eigenvalue weighted by Gasteiger charge is 2.13. The summed E-state index contributed by atoms with van der Waals surface area (Å²) in [6, 6.07) is 0.213. The van der Waals surface area contributed by atoms with E-state index in [2.05, 4.69) is 29.5 Å². The molecule has 0 bridgehead atoms. The van der Waals surface area contributed by atoms with E-state index in [1.807, 2.05) is 13.8 Å². The van der Waals surface area contributed by atoms with Gasteiger partial charge >= 0.3 is 0 Å². The molecule has 0 aliphatic heterocycles. The lowest BCUT2D eigenvalue weighted by atomic mass is 10.3. The summed E-state index contributed by atoms with van der Waals surface area (Å²) in [7, 11) is 0. The number of hydrogen-bond acceptors (Lipinski definition) is 4. The Kier molecular flexibility index (Phi) is 5.15. The zero-order valence-electron chi connectivity index (χ0n) is 10.9. The van der Waals surface area contributed by atoms with Crippen molar-refractivity contribution >= 4 is 5.91 Å². The van der Waals surface area contributed by atoms with Crippen LogP contribution in [-0.4, -0.2) is 23.5 Å². The summed E-state index contributed by atoms with van der Waals surface area (Å²) in [4.78, 5) is 15.7. The van der Waals surface area contributed by atoms with Gasteiger partial charge in [0, 0.05) is 19.0 Å². The van der Waals surface area contributed by atoms with E-state index in [0.29, 0.717) is 24.9 Å². The predicted octanol–water partition coefficient (Wildman–Crippen LogP) is 1.55. The molecule has 5 heteroatoms. The van der Waals surface area contributed by atoms with Crippen molar-refractivity contribution in [1.29, 1.82) is 0 Å². The number of nitrogens with one attached hydrogen (secondary N) is 2. The van der Waals surface area contributed by atoms with Crippen LogP contribution in [0.3, 0.4) is 0 Å². The molecule has 0 radical (unpaired) electrons. The fraction of sp³-hybridized carbons (Fsp3) is 0.667. The molecule has 0 spiro atoms. The first-order valence-electron chi connectivity index (χ1n) is 5.94. The molecule has 0 saturated carbocycles. The number of aryl methyl sites for hydroxylation is 1. The second-order valence-corrected chi connectivity index (χ2v) is 4.46. The van der Waals surface area contributed by atoms with Crippen LogP contribution in [0.15, 0.2) is 10.6 Å². The van der Waals surface area contributed by atoms with Gasteiger partial charge in [0.05, 0.1) is 6.20 Å². The molecule has 0 fully saturated rings. The van der Waals surface area contributed by atoms with Crippen molar-refractivity contribution in [3.63, 3.8) is 0 Å². The molecule has 0 saturated heterocycles. The van der Waals surface area contributed by atoms with Crippen molar-refractivity contribution in [3.8, 4) is 0 Å². The van der Waals surface area contributed by atoms with Gasteiger partial charge in [-0.05, 0) is 13.8 Å². The molecule has 0 aliphatic rings. The first-order chi connectivity index (χ1) is 7.99. The lowest BCUT2D eigenvalue weighted by Crippen LogP contribution is -2.32. The van der Waals surface area contributed by atoms with Gasteiger partial charge in [-0.25, -0.2) is 4.98 Å². The molecule has 2 N–H and O–H groups in total. The van der Waals surface area contributed by atoms with Crippen LogP contribution in [0.4, 0.5) is 0 Å². The van der Waals surface area contributed by atoms with E-state index in [0.717, 1.165) is 5.76 Å². The minimum Gasteiger partial charge on any atom is -0.444 e. The van der Waals surface area contributed by atoms with Gasteiger partial charge in [-0.1, -0.05) is 13.8 Å². The quantitative estimate of drug-likeness (QED) is 0.790. The normalized spacial score (nSPS) is 12.8. The Labute approximate surface area is 102 Å². The van der Waals surface area contributed by atoms with Gasteiger partial charge in [0.15, 0.2) is 0 Å². The molecule has 5 nitrogen and oxygen atoms in total. The lowest BCUT2D eigenvalue weighted by molar-refractivity contribution is -0.121. The van der Waals surface area contributed by atoms with E-state index < -0.39 is 0 Å². The smallest absolute Gasteiger partial charge is 0.221 e. The van der Waals surface area contributed by atoms with E-state index in [1.165, 1.54) is 0 Å². The Bertz CT molecular complexity index is 360. The number of rotatable bonds is 6. The predicted molar refractivity (Wildman–Crippen MR) is 65.6 cm³/mol. The van der Waals surface area contributed by atoms with Crippen molar-refractivity contribution in [1.82, 2.24) is 15.6 Å². The average molecular weight is 239 g/mol. The lowest BCUT2D eigenvalue weighted by Gasteiger charge is -2.11. The summed E-state index contributed by atoms with van der Waals surface area (Å²) in [5.41, 5.74) is 0. The van der Waals surface area contributed by atoms with Crippen molar-refractivity contribution in [3.05, 3.63) is 17.8 Å². The maximum absolute atomic E-state index is 11.6. The van der Waals surface area contributed by atoms with Gasteiger partial charge in [-0.15, -0.1) is 0 Å². The van der Waals surface area contributed by atoms with Crippen molar-refractivity contribution in [2.45, 2.75) is 46.2 Å². The van der Waals surface area contributed by atoms with Crippen molar-refractivity contribution < 1.29 is 9.21 Å². The van der Waals surface area contributed by atoms with E-state index >= 15 is 0 Å². The molecular formula is C12H21N3O2. The first kappa shape index (κ1) is 13.7. The second-order valence-electron chi connectivity index (χ2n) is 4.46. The highest BCUT2D eigenvalue weighted by Crippen LogP contribution is 2.11. The molecule has 1 aromatic heterocycles. The van der Waals surface area contributed by atoms with Crippen molar-refractivity contribution in [2.75, 3.05) is 6.54 Å². The second kappa shape index (κ2) is 6.39. The summed E-state index contributed by atoms with van der Waals surface area (Å²) in [6.45, 7) is 8.48. The van der Waals surface area contributed by atoms with Crippen molar-refractivity contribution in [2.24, 2.45) is 0 Å². The minimum absolute atomic E-state index is 0.00139. The maximum Gasteiger partial charge on any atom is 0.221 e. The molecule has 1 atom stereocenters. The number of aromatic nitrogens is 1. The number of carbonyl (C=O) groups is 1. The van der Waals surface area contributed by atoms with Gasteiger partial charge in [-0.2, -0.15) is 0 Å². The van der Waals surface area contributed by atoms with Crippen LogP contribution in [0.25, 0.3) is 0 Å². The molecule has 0 aliphatic carbocycles. The van der Waals surface area contributed by atoms with E-state index in [1.54, 1.807) is 6.20 Å². The van der Waals surface area contributed by atoms with Crippen LogP contribution in [0.2, 0.25) is 0 Å². The number of amides is 1. The number of nitrogens with zero attached hydrogens (tertiary/aromatic N) is 1. The van der Waals surface area contributed by atoms with Crippen LogP contribution in [-0.2, 0) is 4.79 Å². The topological polar surface area (TPSA) is 67.2 Å². The summed E-state index contributed by atoms with van der Waals surface area (Å²) in [6.07, 6.45) is 2.11. The number of oxazole rings is 1. The van der Waals surface area contributed by atoms with Crippen LogP contribution >= 0.6 is 0 Å². The molecule has 0 aromatic carbocycles. The summed E-state index contributed by atoms with van der Waals surface area (Å²) >= 11 is 0. The van der Waals surface area contributed by atoms with Gasteiger partial charge in [0.2, 0.25) is 11.8 Å². The molecule has 17 heavy (non-hydrogen) atoms. The van der Waals surface area contributed by atoms with E-state index in [9.17, 15) is 4.79 Å². The SMILES string of the molecule is Cc1cnc(C(C)NC(=O)CCNC(C)C)o1. The zero-order valence-corrected chi connectivity index (χ0v) is 10.9. The standard InChI is InChI=1S/C12H21N3O2/c1-8(2)13-6-5-11(16)15-10(4)12-14-7-9(3)17-12/h7-8,10,13H,5-6H2,1-4H3,(H,15,16). The van der Waals surface area contributed by atoms with Gasteiger partial charge in [0.1, 0.15) is 11.8 Å². The number of hydrogen-bond donors (Lipinski definition) is 2. The van der Waals surface area contributed by atoms with E-state index in [4.69, 9.17) is 4.42 Å². The van der Waals surface area contributed by atoms with Gasteiger partial charge in [0.25, 0.3) is 0 Å². The Morgan fingerprint density at radius 1 is 1.47 bits per heavy atom. The molecule has 1 amide bonds. The Hall–Kier alpha value is -1.36. The molecule has 1 rings (SSSR count). The third-order valence-corrected chi connectivity index (χ3v) is 2.29. The molecule has 1 aromatic rings. The largest absolute Gasteiger partial charge is 0.444 e. The molecule has 1 unspecified atom stereocenters. The van der Waals surface area contributed by atoms with Gasteiger partial charge < -0.3 is 15.1 Å². The third kappa shape index (κ3) is 4.99. The zero-order chi connectivity index (χ0) is 12.8. The molecular weight excluding hydrogens is 218 g/mol. The summed E-state index contributed by atoms with van der Waals surface area (Å²) in [5, 5.41) is 6.04. The third-order valence-electron chi connectivity index (χ3n) is 2.29. The van der Waals surface area contributed by atoms with Crippen LogP contribution in [0, 0.1) is 6.92 Å². The average Bonchev–Trinajstić information content (AvgIpc) is 2.64. The summed E-state index contributed by atoms with van der Waals surface area (Å²) < 4.78 is 5.35.